The average molecular weight is 417 g/mol. The molecule has 3 aromatic rings. The number of rotatable bonds is 5. The lowest BCUT2D eigenvalue weighted by Crippen LogP contribution is -2.35. The number of imide groups is 1. The summed E-state index contributed by atoms with van der Waals surface area (Å²) in [6, 6.07) is 18.3. The zero-order chi connectivity index (χ0) is 21.5. The van der Waals surface area contributed by atoms with E-state index in [1.54, 1.807) is 24.3 Å². The van der Waals surface area contributed by atoms with E-state index in [1.807, 2.05) is 30.3 Å². The summed E-state index contributed by atoms with van der Waals surface area (Å²) < 4.78 is 5.94. The summed E-state index contributed by atoms with van der Waals surface area (Å²) in [5.74, 6) is -0.324. The number of ether oxygens (including phenoxy) is 1. The van der Waals surface area contributed by atoms with Crippen LogP contribution in [0.2, 0.25) is 0 Å². The Kier molecular flexibility index (Phi) is 4.63. The molecule has 0 aliphatic carbocycles. The van der Waals surface area contributed by atoms with Crippen molar-refractivity contribution in [1.82, 2.24) is 4.90 Å². The van der Waals surface area contributed by atoms with Crippen molar-refractivity contribution in [2.45, 2.75) is 25.2 Å². The van der Waals surface area contributed by atoms with E-state index in [9.17, 15) is 19.7 Å². The molecule has 2 atom stereocenters. The predicted molar refractivity (Wildman–Crippen MR) is 114 cm³/mol. The van der Waals surface area contributed by atoms with E-state index in [4.69, 9.17) is 4.74 Å². The molecule has 2 heterocycles. The van der Waals surface area contributed by atoms with E-state index in [2.05, 4.69) is 0 Å². The molecule has 0 radical (unpaired) electrons. The molecule has 5 rings (SSSR count). The quantitative estimate of drug-likeness (QED) is 0.357. The van der Waals surface area contributed by atoms with Crippen molar-refractivity contribution in [3.63, 3.8) is 0 Å². The maximum Gasteiger partial charge on any atom is 0.332 e. The summed E-state index contributed by atoms with van der Waals surface area (Å²) in [5.41, 5.74) is 1.34. The van der Waals surface area contributed by atoms with Crippen LogP contribution in [0.25, 0.3) is 10.8 Å². The second-order valence-electron chi connectivity index (χ2n) is 7.69. The van der Waals surface area contributed by atoms with E-state index < -0.39 is 17.0 Å². The largest absolute Gasteiger partial charge is 0.372 e. The van der Waals surface area contributed by atoms with Gasteiger partial charge in [0, 0.05) is 24.4 Å². The summed E-state index contributed by atoms with van der Waals surface area (Å²) in [6.45, 7) is 0.759. The van der Waals surface area contributed by atoms with Crippen LogP contribution >= 0.6 is 0 Å². The lowest BCUT2D eigenvalue weighted by molar-refractivity contribution is -0.383. The number of urea groups is 1. The second kappa shape index (κ2) is 7.48. The van der Waals surface area contributed by atoms with Gasteiger partial charge in [-0.25, -0.2) is 9.69 Å². The van der Waals surface area contributed by atoms with Crippen LogP contribution in [0, 0.1) is 10.1 Å². The van der Waals surface area contributed by atoms with Crippen molar-refractivity contribution >= 4 is 34.1 Å². The molecular formula is C23H19N3O5. The molecule has 2 fully saturated rings. The Labute approximate surface area is 177 Å². The third-order valence-electron chi connectivity index (χ3n) is 5.85. The number of hydrogen-bond acceptors (Lipinski definition) is 5. The number of anilines is 1. The molecule has 0 aromatic heterocycles. The molecule has 1 unspecified atom stereocenters. The Morgan fingerprint density at radius 1 is 0.968 bits per heavy atom. The molecule has 8 nitrogen and oxygen atoms in total. The van der Waals surface area contributed by atoms with Crippen LogP contribution in [-0.2, 0) is 16.1 Å². The maximum absolute atomic E-state index is 13.2. The SMILES string of the molecule is O=C1C2C[C@@H](OCc3ccccc3)CN2C(=O)N1c1ccc([N+](=O)[O-])c2ccccc12. The monoisotopic (exact) mass is 417 g/mol. The van der Waals surface area contributed by atoms with E-state index in [-0.39, 0.29) is 17.7 Å². The summed E-state index contributed by atoms with van der Waals surface area (Å²) >= 11 is 0. The number of non-ortho nitro benzene ring substituents is 1. The lowest BCUT2D eigenvalue weighted by Gasteiger charge is -2.19. The highest BCUT2D eigenvalue weighted by atomic mass is 16.6. The number of nitro groups is 1. The van der Waals surface area contributed by atoms with Crippen molar-refractivity contribution in [1.29, 1.82) is 0 Å². The molecule has 3 aromatic carbocycles. The summed E-state index contributed by atoms with van der Waals surface area (Å²) in [7, 11) is 0. The molecule has 2 aliphatic heterocycles. The molecule has 0 spiro atoms. The Hall–Kier alpha value is -3.78. The highest BCUT2D eigenvalue weighted by Gasteiger charge is 2.51. The first-order valence-electron chi connectivity index (χ1n) is 10.0. The van der Waals surface area contributed by atoms with Crippen molar-refractivity contribution in [2.24, 2.45) is 0 Å². The number of benzene rings is 3. The highest BCUT2D eigenvalue weighted by Crippen LogP contribution is 2.38. The van der Waals surface area contributed by atoms with Gasteiger partial charge in [0.2, 0.25) is 0 Å². The third kappa shape index (κ3) is 3.21. The molecule has 8 heteroatoms. The minimum absolute atomic E-state index is 0.0617. The smallest absolute Gasteiger partial charge is 0.332 e. The van der Waals surface area contributed by atoms with E-state index in [0.717, 1.165) is 10.5 Å². The number of fused-ring (bicyclic) bond motifs is 2. The third-order valence-corrected chi connectivity index (χ3v) is 5.85. The molecule has 0 saturated carbocycles. The molecule has 2 aliphatic rings. The topological polar surface area (TPSA) is 93.0 Å². The fraction of sp³-hybridized carbons (Fsp3) is 0.217. The first kappa shape index (κ1) is 19.2. The Morgan fingerprint density at radius 2 is 1.68 bits per heavy atom. The Balaban J connectivity index is 1.39. The molecule has 3 amide bonds. The molecule has 156 valence electrons. The van der Waals surface area contributed by atoms with Crippen molar-refractivity contribution in [3.05, 3.63) is 82.4 Å². The standard InChI is InChI=1S/C23H19N3O5/c27-22-21-12-16(31-14-15-6-2-1-3-7-15)13-24(21)23(28)25(22)19-10-11-20(26(29)30)18-9-5-4-8-17(18)19/h1-11,16,21H,12-14H2/t16-,21?/m1/s1. The van der Waals surface area contributed by atoms with E-state index in [0.29, 0.717) is 36.0 Å². The van der Waals surface area contributed by atoms with Crippen LogP contribution in [0.1, 0.15) is 12.0 Å². The van der Waals surface area contributed by atoms with Gasteiger partial charge in [-0.05, 0) is 17.7 Å². The number of amides is 3. The normalized spacial score (nSPS) is 20.5. The molecule has 2 saturated heterocycles. The van der Waals surface area contributed by atoms with Gasteiger partial charge in [0.05, 0.1) is 28.7 Å². The van der Waals surface area contributed by atoms with Crippen LogP contribution in [0.3, 0.4) is 0 Å². The predicted octanol–water partition coefficient (Wildman–Crippen LogP) is 3.87. The molecular weight excluding hydrogens is 398 g/mol. The minimum Gasteiger partial charge on any atom is -0.372 e. The van der Waals surface area contributed by atoms with Crippen LogP contribution in [0.15, 0.2) is 66.7 Å². The molecule has 0 N–H and O–H groups in total. The van der Waals surface area contributed by atoms with Crippen LogP contribution in [0.4, 0.5) is 16.2 Å². The first-order chi connectivity index (χ1) is 15.0. The summed E-state index contributed by atoms with van der Waals surface area (Å²) in [6.07, 6.45) is 0.215. The fourth-order valence-electron chi connectivity index (χ4n) is 4.37. The zero-order valence-corrected chi connectivity index (χ0v) is 16.5. The van der Waals surface area contributed by atoms with Crippen molar-refractivity contribution < 1.29 is 19.2 Å². The lowest BCUT2D eigenvalue weighted by atomic mass is 10.1. The van der Waals surface area contributed by atoms with Gasteiger partial charge in [0.25, 0.3) is 11.6 Å². The van der Waals surface area contributed by atoms with Crippen LogP contribution in [-0.4, -0.2) is 40.5 Å². The van der Waals surface area contributed by atoms with Gasteiger partial charge in [-0.2, -0.15) is 0 Å². The number of carbonyl (C=O) groups excluding carboxylic acids is 2. The minimum atomic E-state index is -0.581. The van der Waals surface area contributed by atoms with E-state index >= 15 is 0 Å². The highest BCUT2D eigenvalue weighted by molar-refractivity contribution is 6.25. The second-order valence-corrected chi connectivity index (χ2v) is 7.69. The Bertz CT molecular complexity index is 1170. The number of nitro benzene ring substituents is 1. The zero-order valence-electron chi connectivity index (χ0n) is 16.5. The van der Waals surface area contributed by atoms with Crippen LogP contribution < -0.4 is 4.90 Å². The van der Waals surface area contributed by atoms with Gasteiger partial charge >= 0.3 is 6.03 Å². The molecule has 0 bridgehead atoms. The van der Waals surface area contributed by atoms with Crippen molar-refractivity contribution in [3.8, 4) is 0 Å². The first-order valence-corrected chi connectivity index (χ1v) is 10.0. The molecule has 31 heavy (non-hydrogen) atoms. The average Bonchev–Trinajstić information content (AvgIpc) is 3.31. The van der Waals surface area contributed by atoms with Crippen LogP contribution in [0.5, 0.6) is 0 Å². The van der Waals surface area contributed by atoms with Gasteiger partial charge in [-0.1, -0.05) is 48.5 Å². The number of carbonyl (C=O) groups is 2. The summed E-state index contributed by atoms with van der Waals surface area (Å²) in [4.78, 5) is 39.9. The van der Waals surface area contributed by atoms with Gasteiger partial charge in [-0.3, -0.25) is 14.9 Å². The van der Waals surface area contributed by atoms with Gasteiger partial charge < -0.3 is 9.64 Å². The Morgan fingerprint density at radius 3 is 2.39 bits per heavy atom. The number of nitrogens with zero attached hydrogens (tertiary/aromatic N) is 3. The van der Waals surface area contributed by atoms with E-state index in [1.165, 1.54) is 17.0 Å². The fourth-order valence-corrected chi connectivity index (χ4v) is 4.37. The van der Waals surface area contributed by atoms with Gasteiger partial charge in [0.15, 0.2) is 0 Å². The van der Waals surface area contributed by atoms with Gasteiger partial charge in [0.1, 0.15) is 6.04 Å². The van der Waals surface area contributed by atoms with Gasteiger partial charge in [-0.15, -0.1) is 0 Å². The van der Waals surface area contributed by atoms with Crippen molar-refractivity contribution in [2.75, 3.05) is 11.4 Å². The summed E-state index contributed by atoms with van der Waals surface area (Å²) in [5, 5.41) is 12.3. The maximum atomic E-state index is 13.2. The number of hydrogen-bond donors (Lipinski definition) is 0.